The first-order chi connectivity index (χ1) is 3.31. The van der Waals surface area contributed by atoms with Gasteiger partial charge in [0.25, 0.3) is 0 Å². The predicted octanol–water partition coefficient (Wildman–Crippen LogP) is 1.16. The van der Waals surface area contributed by atoms with Crippen LogP contribution in [0.25, 0.3) is 0 Å². The van der Waals surface area contributed by atoms with E-state index in [0.717, 1.165) is 6.08 Å². The largest absolute Gasteiger partial charge is 0.232 e. The van der Waals surface area contributed by atoms with Crippen LogP contribution >= 0.6 is 0 Å². The quantitative estimate of drug-likeness (QED) is 0.367. The van der Waals surface area contributed by atoms with Crippen LogP contribution in [0, 0.1) is 0 Å². The first-order valence-electron chi connectivity index (χ1n) is 1.63. The molecule has 3 heteroatoms. The van der Waals surface area contributed by atoms with Gasteiger partial charge in [-0.1, -0.05) is 6.58 Å². The Kier molecular flexibility index (Phi) is 2.76. The molecule has 0 amide bonds. The molecule has 2 nitrogen and oxygen atoms in total. The van der Waals surface area contributed by atoms with Gasteiger partial charge in [0.2, 0.25) is 5.97 Å². The Balaban J connectivity index is 3.72. The van der Waals surface area contributed by atoms with Crippen LogP contribution in [0.2, 0.25) is 0 Å². The third-order valence-electron chi connectivity index (χ3n) is 0.335. The van der Waals surface area contributed by atoms with Gasteiger partial charge in [0.05, 0.1) is 0 Å². The van der Waals surface area contributed by atoms with Crippen LogP contribution in [0.3, 0.4) is 0 Å². The summed E-state index contributed by atoms with van der Waals surface area (Å²) < 4.78 is 11.6. The van der Waals surface area contributed by atoms with Crippen molar-refractivity contribution in [1.82, 2.24) is 0 Å². The van der Waals surface area contributed by atoms with Crippen LogP contribution < -0.4 is 0 Å². The Morgan fingerprint density at radius 2 is 2.29 bits per heavy atom. The minimum absolute atomic E-state index is 0.713. The van der Waals surface area contributed by atoms with Crippen molar-refractivity contribution in [3.05, 3.63) is 12.7 Å². The highest BCUT2D eigenvalue weighted by Gasteiger charge is 1.78. The second-order valence-corrected chi connectivity index (χ2v) is 0.768. The molecule has 0 saturated heterocycles. The lowest BCUT2D eigenvalue weighted by molar-refractivity contribution is 0.804. The Hall–Kier alpha value is -0.990. The van der Waals surface area contributed by atoms with Crippen molar-refractivity contribution < 1.29 is 4.39 Å². The molecule has 0 rings (SSSR count). The lowest BCUT2D eigenvalue weighted by Crippen LogP contribution is -1.74. The van der Waals surface area contributed by atoms with Gasteiger partial charge in [0, 0.05) is 6.72 Å². The summed E-state index contributed by atoms with van der Waals surface area (Å²) in [5.41, 5.74) is 0. The number of allylic oxidation sites excluding steroid dienone is 1. The first-order valence-corrected chi connectivity index (χ1v) is 1.63. The molecule has 0 aromatic carbocycles. The fraction of sp³-hybridized carbons (Fsp3) is 0. The molecule has 0 heterocycles. The summed E-state index contributed by atoms with van der Waals surface area (Å²) in [6, 6.07) is 0. The highest BCUT2D eigenvalue weighted by Crippen LogP contribution is 1.79. The molecular weight excluding hydrogens is 95.1 g/mol. The Bertz CT molecular complexity index is 106. The van der Waals surface area contributed by atoms with Crippen molar-refractivity contribution in [1.29, 1.82) is 0 Å². The Labute approximate surface area is 41.1 Å². The van der Waals surface area contributed by atoms with Gasteiger partial charge in [0.1, 0.15) is 0 Å². The molecule has 7 heavy (non-hydrogen) atoms. The molecule has 0 atom stereocenters. The molecule has 0 bridgehead atoms. The molecule has 38 valence electrons. The van der Waals surface area contributed by atoms with E-state index in [1.165, 1.54) is 0 Å². The van der Waals surface area contributed by atoms with Gasteiger partial charge in [-0.3, -0.25) is 0 Å². The van der Waals surface area contributed by atoms with Crippen LogP contribution in [-0.4, -0.2) is 12.7 Å². The highest BCUT2D eigenvalue weighted by atomic mass is 19.1. The number of hydrogen-bond acceptors (Lipinski definition) is 2. The van der Waals surface area contributed by atoms with E-state index in [1.807, 2.05) is 0 Å². The first kappa shape index (κ1) is 6.01. The molecule has 0 spiro atoms. The zero-order valence-electron chi connectivity index (χ0n) is 3.76. The zero-order valence-corrected chi connectivity index (χ0v) is 3.76. The smallest absolute Gasteiger partial charge is 0.183 e. The van der Waals surface area contributed by atoms with Gasteiger partial charge in [0.15, 0.2) is 0 Å². The summed E-state index contributed by atoms with van der Waals surface area (Å²) in [5.74, 6) is -0.713. The Morgan fingerprint density at radius 3 is 2.43 bits per heavy atom. The van der Waals surface area contributed by atoms with Gasteiger partial charge in [-0.25, -0.2) is 0 Å². The van der Waals surface area contributed by atoms with E-state index in [-0.39, 0.29) is 0 Å². The SMILES string of the molecule is C=C/C(F)=N\N=C. The van der Waals surface area contributed by atoms with Crippen molar-refractivity contribution >= 4 is 12.7 Å². The molecule has 0 aliphatic carbocycles. The maximum Gasteiger partial charge on any atom is 0.232 e. The van der Waals surface area contributed by atoms with Gasteiger partial charge in [-0.15, -0.1) is 5.10 Å². The molecule has 0 aromatic rings. The van der Waals surface area contributed by atoms with Crippen molar-refractivity contribution in [3.63, 3.8) is 0 Å². The summed E-state index contributed by atoms with van der Waals surface area (Å²) in [7, 11) is 0. The summed E-state index contributed by atoms with van der Waals surface area (Å²) in [5, 5.41) is 5.79. The molecule has 0 saturated carbocycles. The fourth-order valence-electron chi connectivity index (χ4n) is 0.108. The highest BCUT2D eigenvalue weighted by molar-refractivity contribution is 5.85. The maximum atomic E-state index is 11.6. The van der Waals surface area contributed by atoms with Gasteiger partial charge >= 0.3 is 0 Å². The van der Waals surface area contributed by atoms with E-state index in [4.69, 9.17) is 0 Å². The third-order valence-corrected chi connectivity index (χ3v) is 0.335. The second-order valence-electron chi connectivity index (χ2n) is 0.768. The van der Waals surface area contributed by atoms with E-state index in [1.54, 1.807) is 0 Å². The number of rotatable bonds is 2. The number of nitrogens with zero attached hydrogens (tertiary/aromatic N) is 2. The normalized spacial score (nSPS) is 10.7. The fourth-order valence-corrected chi connectivity index (χ4v) is 0.108. The van der Waals surface area contributed by atoms with Crippen LogP contribution in [-0.2, 0) is 0 Å². The molecule has 0 N–H and O–H groups in total. The van der Waals surface area contributed by atoms with Gasteiger partial charge in [-0.2, -0.15) is 9.49 Å². The molecule has 0 unspecified atom stereocenters. The predicted molar refractivity (Wildman–Crippen MR) is 28.3 cm³/mol. The molecule has 0 fully saturated rings. The van der Waals surface area contributed by atoms with E-state index < -0.39 is 5.97 Å². The van der Waals surface area contributed by atoms with Crippen LogP contribution in [0.1, 0.15) is 0 Å². The van der Waals surface area contributed by atoms with Crippen LogP contribution in [0.4, 0.5) is 4.39 Å². The number of hydrogen-bond donors (Lipinski definition) is 0. The molecule has 0 aromatic heterocycles. The van der Waals surface area contributed by atoms with Crippen molar-refractivity contribution in [3.8, 4) is 0 Å². The van der Waals surface area contributed by atoms with E-state index in [9.17, 15) is 4.39 Å². The maximum absolute atomic E-state index is 11.6. The Morgan fingerprint density at radius 1 is 1.71 bits per heavy atom. The van der Waals surface area contributed by atoms with Crippen molar-refractivity contribution in [2.45, 2.75) is 0 Å². The average molecular weight is 100 g/mol. The van der Waals surface area contributed by atoms with Gasteiger partial charge in [-0.05, 0) is 6.08 Å². The zero-order chi connectivity index (χ0) is 5.70. The second kappa shape index (κ2) is 3.21. The monoisotopic (exact) mass is 100 g/mol. The topological polar surface area (TPSA) is 24.7 Å². The van der Waals surface area contributed by atoms with Gasteiger partial charge < -0.3 is 0 Å². The lowest BCUT2D eigenvalue weighted by atomic mass is 10.7. The summed E-state index contributed by atoms with van der Waals surface area (Å²) in [6.45, 7) is 6.01. The third kappa shape index (κ3) is 2.82. The van der Waals surface area contributed by atoms with Crippen molar-refractivity contribution in [2.24, 2.45) is 10.2 Å². The number of halogens is 1. The minimum Gasteiger partial charge on any atom is -0.183 e. The van der Waals surface area contributed by atoms with E-state index >= 15 is 0 Å². The van der Waals surface area contributed by atoms with Crippen LogP contribution in [0.5, 0.6) is 0 Å². The van der Waals surface area contributed by atoms with Crippen LogP contribution in [0.15, 0.2) is 22.9 Å². The van der Waals surface area contributed by atoms with E-state index in [0.29, 0.717) is 0 Å². The summed E-state index contributed by atoms with van der Waals surface area (Å²) >= 11 is 0. The molecule has 0 aliphatic heterocycles. The minimum atomic E-state index is -0.713. The van der Waals surface area contributed by atoms with E-state index in [2.05, 4.69) is 23.5 Å². The summed E-state index contributed by atoms with van der Waals surface area (Å²) in [6.07, 6.45) is 0.953. The molecule has 0 aliphatic rings. The average Bonchev–Trinajstić information content (AvgIpc) is 1.68. The molecular formula is C4H5FN2. The standard InChI is InChI=1S/C4H5FN2/c1-3-4(5)7-6-2/h3H,1-2H2/b7-4+. The summed E-state index contributed by atoms with van der Waals surface area (Å²) in [4.78, 5) is 0. The molecule has 0 radical (unpaired) electrons. The van der Waals surface area contributed by atoms with Crippen molar-refractivity contribution in [2.75, 3.05) is 0 Å². The lowest BCUT2D eigenvalue weighted by Gasteiger charge is -1.73.